The van der Waals surface area contributed by atoms with Gasteiger partial charge in [-0.3, -0.25) is 4.79 Å². The second-order valence-corrected chi connectivity index (χ2v) is 5.74. The molecule has 1 N–H and O–H groups in total. The van der Waals surface area contributed by atoms with Gasteiger partial charge >= 0.3 is 0 Å². The summed E-state index contributed by atoms with van der Waals surface area (Å²) in [5, 5.41) is 3.24. The van der Waals surface area contributed by atoms with Gasteiger partial charge in [0.1, 0.15) is 0 Å². The van der Waals surface area contributed by atoms with Gasteiger partial charge in [0.25, 0.3) is 0 Å². The zero-order valence-electron chi connectivity index (χ0n) is 10.7. The summed E-state index contributed by atoms with van der Waals surface area (Å²) in [6, 6.07) is 8.27. The van der Waals surface area contributed by atoms with Crippen molar-refractivity contribution in [1.82, 2.24) is 10.2 Å². The van der Waals surface area contributed by atoms with Gasteiger partial charge in [-0.2, -0.15) is 0 Å². The second kappa shape index (κ2) is 6.34. The molecule has 0 bridgehead atoms. The van der Waals surface area contributed by atoms with Gasteiger partial charge in [-0.25, -0.2) is 0 Å². The fraction of sp³-hybridized carbons (Fsp3) is 0.500. The second-order valence-electron chi connectivity index (χ2n) is 4.83. The third-order valence-corrected chi connectivity index (χ3v) is 3.96. The van der Waals surface area contributed by atoms with Crippen molar-refractivity contribution in [2.75, 3.05) is 26.7 Å². The quantitative estimate of drug-likeness (QED) is 0.923. The van der Waals surface area contributed by atoms with E-state index in [4.69, 9.17) is 0 Å². The molecule has 1 fully saturated rings. The van der Waals surface area contributed by atoms with E-state index in [0.29, 0.717) is 0 Å². The number of hydrogen-bond acceptors (Lipinski definition) is 2. The van der Waals surface area contributed by atoms with Crippen LogP contribution in [0.3, 0.4) is 0 Å². The smallest absolute Gasteiger partial charge is 0.226 e. The average Bonchev–Trinajstić information content (AvgIpc) is 2.90. The molecular weight excluding hydrogens is 292 g/mol. The van der Waals surface area contributed by atoms with Crippen LogP contribution >= 0.6 is 15.9 Å². The summed E-state index contributed by atoms with van der Waals surface area (Å²) in [4.78, 5) is 14.0. The van der Waals surface area contributed by atoms with Crippen LogP contribution in [0.5, 0.6) is 0 Å². The number of hydrogen-bond donors (Lipinski definition) is 1. The molecule has 3 nitrogen and oxygen atoms in total. The number of amides is 1. The normalized spacial score (nSPS) is 18.9. The van der Waals surface area contributed by atoms with Crippen molar-refractivity contribution >= 4 is 21.8 Å². The molecule has 0 aromatic heterocycles. The van der Waals surface area contributed by atoms with Crippen molar-refractivity contribution in [3.8, 4) is 0 Å². The summed E-state index contributed by atoms with van der Waals surface area (Å²) in [6.45, 7) is 2.59. The van der Waals surface area contributed by atoms with Crippen molar-refractivity contribution in [3.63, 3.8) is 0 Å². The number of carbonyl (C=O) groups excluding carboxylic acids is 1. The third kappa shape index (κ3) is 3.56. The Morgan fingerprint density at radius 2 is 2.17 bits per heavy atom. The van der Waals surface area contributed by atoms with E-state index < -0.39 is 0 Å². The molecule has 1 aliphatic rings. The van der Waals surface area contributed by atoms with Crippen LogP contribution in [0.2, 0.25) is 0 Å². The molecule has 1 saturated heterocycles. The third-order valence-electron chi connectivity index (χ3n) is 3.43. The Morgan fingerprint density at radius 3 is 2.78 bits per heavy atom. The molecule has 1 aromatic rings. The van der Waals surface area contributed by atoms with Crippen LogP contribution in [0.1, 0.15) is 12.0 Å². The largest absolute Gasteiger partial charge is 0.345 e. The number of nitrogens with zero attached hydrogens (tertiary/aromatic N) is 1. The Hall–Kier alpha value is -0.870. The van der Waals surface area contributed by atoms with Crippen LogP contribution in [0.4, 0.5) is 0 Å². The number of rotatable bonds is 4. The predicted molar refractivity (Wildman–Crippen MR) is 76.5 cm³/mol. The molecule has 18 heavy (non-hydrogen) atoms. The highest BCUT2D eigenvalue weighted by Crippen LogP contribution is 2.13. The van der Waals surface area contributed by atoms with Gasteiger partial charge in [-0.15, -0.1) is 0 Å². The molecule has 1 aliphatic heterocycles. The molecule has 98 valence electrons. The number of halogens is 1. The van der Waals surface area contributed by atoms with E-state index in [0.717, 1.165) is 36.9 Å². The van der Waals surface area contributed by atoms with E-state index in [1.54, 1.807) is 0 Å². The maximum absolute atomic E-state index is 12.1. The fourth-order valence-corrected chi connectivity index (χ4v) is 2.50. The topological polar surface area (TPSA) is 32.3 Å². The molecule has 0 radical (unpaired) electrons. The first-order valence-electron chi connectivity index (χ1n) is 6.37. The molecular formula is C14H19BrN2O. The Bertz CT molecular complexity index is 399. The lowest BCUT2D eigenvalue weighted by atomic mass is 10.1. The molecule has 1 heterocycles. The first kappa shape index (κ1) is 13.6. The average molecular weight is 311 g/mol. The predicted octanol–water partition coefficient (Wildman–Crippen LogP) is 2.06. The van der Waals surface area contributed by atoms with Crippen LogP contribution < -0.4 is 5.32 Å². The molecule has 2 rings (SSSR count). The van der Waals surface area contributed by atoms with Crippen molar-refractivity contribution in [2.24, 2.45) is 5.92 Å². The van der Waals surface area contributed by atoms with Crippen molar-refractivity contribution in [3.05, 3.63) is 34.3 Å². The SMILES string of the molecule is CN(CCc1ccc(Br)cc1)C(=O)C1CCNC1. The zero-order valence-corrected chi connectivity index (χ0v) is 12.2. The van der Waals surface area contributed by atoms with Gasteiger partial charge < -0.3 is 10.2 Å². The van der Waals surface area contributed by atoms with Gasteiger partial charge in [-0.05, 0) is 37.1 Å². The molecule has 4 heteroatoms. The standard InChI is InChI=1S/C14H19BrN2O/c1-17(14(18)12-6-8-16-10-12)9-7-11-2-4-13(15)5-3-11/h2-5,12,16H,6-10H2,1H3. The molecule has 1 unspecified atom stereocenters. The summed E-state index contributed by atoms with van der Waals surface area (Å²) in [5.41, 5.74) is 1.27. The Kier molecular flexibility index (Phi) is 4.78. The first-order chi connectivity index (χ1) is 8.66. The molecule has 0 saturated carbocycles. The maximum Gasteiger partial charge on any atom is 0.226 e. The Balaban J connectivity index is 1.82. The lowest BCUT2D eigenvalue weighted by molar-refractivity contribution is -0.133. The minimum atomic E-state index is 0.180. The number of nitrogens with one attached hydrogen (secondary N) is 1. The highest BCUT2D eigenvalue weighted by atomic mass is 79.9. The Labute approximate surface area is 117 Å². The van der Waals surface area contributed by atoms with E-state index in [1.807, 2.05) is 24.1 Å². The lowest BCUT2D eigenvalue weighted by Crippen LogP contribution is -2.35. The zero-order chi connectivity index (χ0) is 13.0. The van der Waals surface area contributed by atoms with E-state index >= 15 is 0 Å². The van der Waals surface area contributed by atoms with Gasteiger partial charge in [-0.1, -0.05) is 28.1 Å². The van der Waals surface area contributed by atoms with Crippen molar-refractivity contribution < 1.29 is 4.79 Å². The van der Waals surface area contributed by atoms with E-state index in [1.165, 1.54) is 5.56 Å². The summed E-state index contributed by atoms with van der Waals surface area (Å²) >= 11 is 3.42. The van der Waals surface area contributed by atoms with Gasteiger partial charge in [0.15, 0.2) is 0 Å². The van der Waals surface area contributed by atoms with Crippen LogP contribution in [-0.2, 0) is 11.2 Å². The van der Waals surface area contributed by atoms with Crippen LogP contribution in [-0.4, -0.2) is 37.5 Å². The summed E-state index contributed by atoms with van der Waals surface area (Å²) in [5.74, 6) is 0.456. The number of carbonyl (C=O) groups is 1. The minimum Gasteiger partial charge on any atom is -0.345 e. The van der Waals surface area contributed by atoms with E-state index in [2.05, 4.69) is 33.4 Å². The summed E-state index contributed by atoms with van der Waals surface area (Å²) in [7, 11) is 1.90. The summed E-state index contributed by atoms with van der Waals surface area (Å²) < 4.78 is 1.09. The minimum absolute atomic E-state index is 0.180. The van der Waals surface area contributed by atoms with Crippen LogP contribution in [0, 0.1) is 5.92 Å². The van der Waals surface area contributed by atoms with Gasteiger partial charge in [0, 0.05) is 24.6 Å². The first-order valence-corrected chi connectivity index (χ1v) is 7.16. The highest BCUT2D eigenvalue weighted by molar-refractivity contribution is 9.10. The van der Waals surface area contributed by atoms with Crippen LogP contribution in [0.25, 0.3) is 0 Å². The van der Waals surface area contributed by atoms with Crippen molar-refractivity contribution in [1.29, 1.82) is 0 Å². The maximum atomic E-state index is 12.1. The fourth-order valence-electron chi connectivity index (χ4n) is 2.24. The summed E-state index contributed by atoms with van der Waals surface area (Å²) in [6.07, 6.45) is 1.89. The van der Waals surface area contributed by atoms with E-state index in [-0.39, 0.29) is 11.8 Å². The monoisotopic (exact) mass is 310 g/mol. The molecule has 1 amide bonds. The molecule has 1 atom stereocenters. The molecule has 0 aliphatic carbocycles. The lowest BCUT2D eigenvalue weighted by Gasteiger charge is -2.20. The van der Waals surface area contributed by atoms with Crippen molar-refractivity contribution in [2.45, 2.75) is 12.8 Å². The van der Waals surface area contributed by atoms with Gasteiger partial charge in [0.05, 0.1) is 5.92 Å². The molecule has 0 spiro atoms. The van der Waals surface area contributed by atoms with E-state index in [9.17, 15) is 4.79 Å². The highest BCUT2D eigenvalue weighted by Gasteiger charge is 2.24. The Morgan fingerprint density at radius 1 is 1.44 bits per heavy atom. The van der Waals surface area contributed by atoms with Gasteiger partial charge in [0.2, 0.25) is 5.91 Å². The molecule has 1 aromatic carbocycles. The number of benzene rings is 1. The van der Waals surface area contributed by atoms with Crippen LogP contribution in [0.15, 0.2) is 28.7 Å². The number of likely N-dealkylation sites (N-methyl/N-ethyl adjacent to an activating group) is 1.